The number of halogens is 1. The van der Waals surface area contributed by atoms with Gasteiger partial charge in [0.15, 0.2) is 5.58 Å². The zero-order valence-electron chi connectivity index (χ0n) is 9.70. The van der Waals surface area contributed by atoms with Gasteiger partial charge in [0, 0.05) is 19.0 Å². The van der Waals surface area contributed by atoms with Gasteiger partial charge in [-0.05, 0) is 31.2 Å². The van der Waals surface area contributed by atoms with Crippen LogP contribution in [0, 0.1) is 0 Å². The highest BCUT2D eigenvalue weighted by Gasteiger charge is 2.03. The number of rotatable bonds is 5. The van der Waals surface area contributed by atoms with Gasteiger partial charge in [0.2, 0.25) is 0 Å². The second-order valence-corrected chi connectivity index (χ2v) is 4.47. The van der Waals surface area contributed by atoms with Gasteiger partial charge in [-0.1, -0.05) is 6.07 Å². The first-order valence-corrected chi connectivity index (χ1v) is 6.09. The van der Waals surface area contributed by atoms with Gasteiger partial charge < -0.3 is 9.32 Å². The van der Waals surface area contributed by atoms with Crippen molar-refractivity contribution in [2.75, 3.05) is 26.0 Å². The number of oxazole rings is 1. The molecule has 0 saturated heterocycles. The average Bonchev–Trinajstić information content (AvgIpc) is 2.66. The van der Waals surface area contributed by atoms with E-state index in [0.717, 1.165) is 30.6 Å². The number of aromatic amines is 1. The molecule has 1 N–H and O–H groups in total. The number of hydrogen-bond donors (Lipinski definition) is 1. The summed E-state index contributed by atoms with van der Waals surface area (Å²) in [5.74, 6) is 0.235. The molecule has 0 saturated carbocycles. The van der Waals surface area contributed by atoms with Crippen LogP contribution in [0.3, 0.4) is 0 Å². The van der Waals surface area contributed by atoms with Gasteiger partial charge in [0.1, 0.15) is 0 Å². The lowest BCUT2D eigenvalue weighted by Gasteiger charge is -2.14. The van der Waals surface area contributed by atoms with Crippen molar-refractivity contribution in [3.05, 3.63) is 34.3 Å². The minimum absolute atomic E-state index is 0.406. The number of H-pyrrole nitrogens is 1. The molecule has 4 nitrogen and oxygen atoms in total. The van der Waals surface area contributed by atoms with Crippen molar-refractivity contribution in [2.24, 2.45) is 0 Å². The van der Waals surface area contributed by atoms with Crippen molar-refractivity contribution < 1.29 is 4.42 Å². The van der Waals surface area contributed by atoms with E-state index in [-0.39, 0.29) is 0 Å². The van der Waals surface area contributed by atoms with E-state index in [1.165, 1.54) is 0 Å². The van der Waals surface area contributed by atoms with Crippen LogP contribution in [0.15, 0.2) is 27.4 Å². The maximum Gasteiger partial charge on any atom is 0.417 e. The zero-order valence-corrected chi connectivity index (χ0v) is 10.5. The van der Waals surface area contributed by atoms with Crippen LogP contribution in [0.2, 0.25) is 0 Å². The quantitative estimate of drug-likeness (QED) is 0.829. The number of nitrogens with one attached hydrogen (secondary N) is 1. The SMILES string of the molecule is CN(CCCl)CCc1ccc2[nH]c(=O)oc2c1. The van der Waals surface area contributed by atoms with Crippen molar-refractivity contribution in [3.8, 4) is 0 Å². The summed E-state index contributed by atoms with van der Waals surface area (Å²) in [6, 6.07) is 5.78. The molecular formula is C12H15ClN2O2. The molecule has 92 valence electrons. The fraction of sp³-hybridized carbons (Fsp3) is 0.417. The summed E-state index contributed by atoms with van der Waals surface area (Å²) in [6.45, 7) is 1.82. The Morgan fingerprint density at radius 1 is 1.41 bits per heavy atom. The van der Waals surface area contributed by atoms with Crippen LogP contribution >= 0.6 is 11.6 Å². The van der Waals surface area contributed by atoms with Gasteiger partial charge in [0.25, 0.3) is 0 Å². The highest BCUT2D eigenvalue weighted by atomic mass is 35.5. The molecule has 0 aliphatic rings. The Morgan fingerprint density at radius 2 is 2.24 bits per heavy atom. The summed E-state index contributed by atoms with van der Waals surface area (Å²) in [7, 11) is 2.04. The molecule has 0 bridgehead atoms. The molecular weight excluding hydrogens is 240 g/mol. The molecule has 0 radical (unpaired) electrons. The molecule has 1 heterocycles. The first-order valence-electron chi connectivity index (χ1n) is 5.55. The minimum Gasteiger partial charge on any atom is -0.408 e. The summed E-state index contributed by atoms with van der Waals surface area (Å²) >= 11 is 5.66. The first kappa shape index (κ1) is 12.2. The minimum atomic E-state index is -0.406. The van der Waals surface area contributed by atoms with Crippen LogP contribution in [-0.2, 0) is 6.42 Å². The molecule has 0 aliphatic carbocycles. The third-order valence-electron chi connectivity index (χ3n) is 2.73. The van der Waals surface area contributed by atoms with Crippen LogP contribution in [0.25, 0.3) is 11.1 Å². The lowest BCUT2D eigenvalue weighted by Crippen LogP contribution is -2.23. The third kappa shape index (κ3) is 3.11. The molecule has 5 heteroatoms. The predicted molar refractivity (Wildman–Crippen MR) is 68.8 cm³/mol. The smallest absolute Gasteiger partial charge is 0.408 e. The predicted octanol–water partition coefficient (Wildman–Crippen LogP) is 1.83. The first-order chi connectivity index (χ1) is 8.19. The normalized spacial score (nSPS) is 11.5. The van der Waals surface area contributed by atoms with Crippen LogP contribution in [0.4, 0.5) is 0 Å². The lowest BCUT2D eigenvalue weighted by atomic mass is 10.1. The summed E-state index contributed by atoms with van der Waals surface area (Å²) in [4.78, 5) is 15.8. The zero-order chi connectivity index (χ0) is 12.3. The standard InChI is InChI=1S/C12H15ClN2O2/c1-15(7-5-13)6-4-9-2-3-10-11(8-9)17-12(16)14-10/h2-3,8H,4-7H2,1H3,(H,14,16). The monoisotopic (exact) mass is 254 g/mol. The van der Waals surface area contributed by atoms with Gasteiger partial charge in [-0.2, -0.15) is 0 Å². The molecule has 17 heavy (non-hydrogen) atoms. The van der Waals surface area contributed by atoms with E-state index in [2.05, 4.69) is 9.88 Å². The van der Waals surface area contributed by atoms with Crippen LogP contribution in [-0.4, -0.2) is 35.9 Å². The Hall–Kier alpha value is -1.26. The number of benzene rings is 1. The van der Waals surface area contributed by atoms with Gasteiger partial charge in [-0.25, -0.2) is 4.79 Å². The maximum absolute atomic E-state index is 11.0. The van der Waals surface area contributed by atoms with E-state index in [1.807, 2.05) is 25.2 Å². The van der Waals surface area contributed by atoms with Crippen molar-refractivity contribution in [2.45, 2.75) is 6.42 Å². The Bertz CT molecular complexity index is 547. The molecule has 0 amide bonds. The number of likely N-dealkylation sites (N-methyl/N-ethyl adjacent to an activating group) is 1. The number of alkyl halides is 1. The fourth-order valence-electron chi connectivity index (χ4n) is 1.72. The Labute approximate surface area is 104 Å². The topological polar surface area (TPSA) is 49.2 Å². The summed E-state index contributed by atoms with van der Waals surface area (Å²) in [5, 5.41) is 0. The molecule has 2 rings (SSSR count). The summed E-state index contributed by atoms with van der Waals surface area (Å²) in [6.07, 6.45) is 0.915. The van der Waals surface area contributed by atoms with E-state index < -0.39 is 5.76 Å². The largest absolute Gasteiger partial charge is 0.417 e. The van der Waals surface area contributed by atoms with Crippen LogP contribution in [0.5, 0.6) is 0 Å². The molecule has 1 aromatic heterocycles. The van der Waals surface area contributed by atoms with E-state index in [4.69, 9.17) is 16.0 Å². The van der Waals surface area contributed by atoms with Crippen LogP contribution in [0.1, 0.15) is 5.56 Å². The van der Waals surface area contributed by atoms with Gasteiger partial charge >= 0.3 is 5.76 Å². The highest BCUT2D eigenvalue weighted by Crippen LogP contribution is 2.12. The van der Waals surface area contributed by atoms with Gasteiger partial charge in [0.05, 0.1) is 5.52 Å². The summed E-state index contributed by atoms with van der Waals surface area (Å²) < 4.78 is 5.02. The Morgan fingerprint density at radius 3 is 3.00 bits per heavy atom. The molecule has 1 aromatic carbocycles. The summed E-state index contributed by atoms with van der Waals surface area (Å²) in [5.41, 5.74) is 2.52. The van der Waals surface area contributed by atoms with E-state index in [1.54, 1.807) is 0 Å². The number of aromatic nitrogens is 1. The molecule has 0 unspecified atom stereocenters. The molecule has 0 fully saturated rings. The van der Waals surface area contributed by atoms with Gasteiger partial charge in [-0.3, -0.25) is 4.98 Å². The highest BCUT2D eigenvalue weighted by molar-refractivity contribution is 6.18. The number of hydrogen-bond acceptors (Lipinski definition) is 3. The lowest BCUT2D eigenvalue weighted by molar-refractivity contribution is 0.359. The van der Waals surface area contributed by atoms with Crippen molar-refractivity contribution in [3.63, 3.8) is 0 Å². The van der Waals surface area contributed by atoms with Crippen molar-refractivity contribution in [1.82, 2.24) is 9.88 Å². The molecule has 0 spiro atoms. The molecule has 2 aromatic rings. The average molecular weight is 255 g/mol. The van der Waals surface area contributed by atoms with E-state index >= 15 is 0 Å². The van der Waals surface area contributed by atoms with Crippen molar-refractivity contribution >= 4 is 22.7 Å². The maximum atomic E-state index is 11.0. The third-order valence-corrected chi connectivity index (χ3v) is 2.90. The second-order valence-electron chi connectivity index (χ2n) is 4.09. The Balaban J connectivity index is 2.06. The fourth-order valence-corrected chi connectivity index (χ4v) is 2.01. The van der Waals surface area contributed by atoms with E-state index in [0.29, 0.717) is 11.5 Å². The second kappa shape index (κ2) is 5.38. The number of nitrogens with zero attached hydrogens (tertiary/aromatic N) is 1. The Kier molecular flexibility index (Phi) is 3.86. The van der Waals surface area contributed by atoms with Crippen molar-refractivity contribution in [1.29, 1.82) is 0 Å². The molecule has 0 aliphatic heterocycles. The van der Waals surface area contributed by atoms with Crippen LogP contribution < -0.4 is 5.76 Å². The van der Waals surface area contributed by atoms with Gasteiger partial charge in [-0.15, -0.1) is 11.6 Å². The molecule has 0 atom stereocenters. The number of fused-ring (bicyclic) bond motifs is 1. The van der Waals surface area contributed by atoms with E-state index in [9.17, 15) is 4.79 Å².